The van der Waals surface area contributed by atoms with E-state index in [0.717, 1.165) is 5.56 Å². The van der Waals surface area contributed by atoms with Gasteiger partial charge in [0, 0.05) is 17.8 Å². The molecule has 2 rings (SSSR count). The van der Waals surface area contributed by atoms with Crippen LogP contribution < -0.4 is 5.32 Å². The maximum Gasteiger partial charge on any atom is 0.341 e. The number of carbonyl (C=O) groups excluding carboxylic acids is 1. The van der Waals surface area contributed by atoms with Gasteiger partial charge in [0.2, 0.25) is 0 Å². The molecule has 0 aromatic carbocycles. The highest BCUT2D eigenvalue weighted by molar-refractivity contribution is 5.88. The SMILES string of the molecule is COC(=O)c1coc(CNC(C)c2cn[nH]c2)c1. The molecule has 0 aliphatic heterocycles. The molecular formula is C12H15N3O3. The quantitative estimate of drug-likeness (QED) is 0.787. The molecule has 2 heterocycles. The van der Waals surface area contributed by atoms with Crippen molar-refractivity contribution in [2.75, 3.05) is 7.11 Å². The molecule has 0 radical (unpaired) electrons. The number of ether oxygens (including phenoxy) is 1. The number of carbonyl (C=O) groups is 1. The van der Waals surface area contributed by atoms with E-state index >= 15 is 0 Å². The maximum absolute atomic E-state index is 11.2. The van der Waals surface area contributed by atoms with Gasteiger partial charge < -0.3 is 14.5 Å². The number of aromatic amines is 1. The number of hydrogen-bond donors (Lipinski definition) is 2. The third-order valence-electron chi connectivity index (χ3n) is 2.68. The van der Waals surface area contributed by atoms with E-state index in [1.807, 2.05) is 13.1 Å². The fourth-order valence-corrected chi connectivity index (χ4v) is 1.57. The minimum Gasteiger partial charge on any atom is -0.467 e. The molecule has 0 saturated heterocycles. The molecule has 0 fully saturated rings. The van der Waals surface area contributed by atoms with Crippen LogP contribution in [-0.4, -0.2) is 23.3 Å². The number of nitrogens with one attached hydrogen (secondary N) is 2. The van der Waals surface area contributed by atoms with Gasteiger partial charge in [0.05, 0.1) is 25.4 Å². The van der Waals surface area contributed by atoms with Crippen LogP contribution in [0, 0.1) is 0 Å². The van der Waals surface area contributed by atoms with Gasteiger partial charge in [-0.25, -0.2) is 4.79 Å². The topological polar surface area (TPSA) is 80.2 Å². The molecule has 1 unspecified atom stereocenters. The van der Waals surface area contributed by atoms with Crippen molar-refractivity contribution in [3.8, 4) is 0 Å². The van der Waals surface area contributed by atoms with Gasteiger partial charge in [0.1, 0.15) is 12.0 Å². The van der Waals surface area contributed by atoms with Crippen LogP contribution in [0.3, 0.4) is 0 Å². The van der Waals surface area contributed by atoms with Crippen molar-refractivity contribution in [2.24, 2.45) is 0 Å². The van der Waals surface area contributed by atoms with Gasteiger partial charge in [-0.3, -0.25) is 5.10 Å². The van der Waals surface area contributed by atoms with E-state index in [2.05, 4.69) is 20.3 Å². The van der Waals surface area contributed by atoms with E-state index in [0.29, 0.717) is 17.9 Å². The third kappa shape index (κ3) is 2.78. The predicted molar refractivity (Wildman–Crippen MR) is 63.9 cm³/mol. The Morgan fingerprint density at radius 2 is 2.50 bits per heavy atom. The second-order valence-corrected chi connectivity index (χ2v) is 3.93. The summed E-state index contributed by atoms with van der Waals surface area (Å²) >= 11 is 0. The van der Waals surface area contributed by atoms with Gasteiger partial charge in [0.25, 0.3) is 0 Å². The third-order valence-corrected chi connectivity index (χ3v) is 2.68. The molecule has 0 saturated carbocycles. The molecular weight excluding hydrogens is 234 g/mol. The Morgan fingerprint density at radius 3 is 3.17 bits per heavy atom. The number of hydrogen-bond acceptors (Lipinski definition) is 5. The van der Waals surface area contributed by atoms with E-state index in [1.54, 1.807) is 12.3 Å². The van der Waals surface area contributed by atoms with Crippen LogP contribution in [0.25, 0.3) is 0 Å². The van der Waals surface area contributed by atoms with Gasteiger partial charge in [0.15, 0.2) is 0 Å². The summed E-state index contributed by atoms with van der Waals surface area (Å²) in [6.45, 7) is 2.55. The van der Waals surface area contributed by atoms with Crippen molar-refractivity contribution in [3.63, 3.8) is 0 Å². The van der Waals surface area contributed by atoms with E-state index in [1.165, 1.54) is 13.4 Å². The van der Waals surface area contributed by atoms with Gasteiger partial charge >= 0.3 is 5.97 Å². The van der Waals surface area contributed by atoms with Crippen molar-refractivity contribution in [1.82, 2.24) is 15.5 Å². The zero-order chi connectivity index (χ0) is 13.0. The first-order valence-electron chi connectivity index (χ1n) is 5.58. The lowest BCUT2D eigenvalue weighted by Crippen LogP contribution is -2.17. The average molecular weight is 249 g/mol. The van der Waals surface area contributed by atoms with Crippen LogP contribution >= 0.6 is 0 Å². The van der Waals surface area contributed by atoms with Gasteiger partial charge in [-0.1, -0.05) is 0 Å². The second-order valence-electron chi connectivity index (χ2n) is 3.93. The highest BCUT2D eigenvalue weighted by Gasteiger charge is 2.11. The fourth-order valence-electron chi connectivity index (χ4n) is 1.57. The van der Waals surface area contributed by atoms with Crippen LogP contribution in [0.1, 0.15) is 34.6 Å². The van der Waals surface area contributed by atoms with E-state index < -0.39 is 5.97 Å². The van der Waals surface area contributed by atoms with Crippen molar-refractivity contribution in [2.45, 2.75) is 19.5 Å². The molecule has 2 aromatic rings. The molecule has 1 atom stereocenters. The highest BCUT2D eigenvalue weighted by Crippen LogP contribution is 2.13. The summed E-state index contributed by atoms with van der Waals surface area (Å²) in [6, 6.07) is 1.82. The Kier molecular flexibility index (Phi) is 3.78. The normalized spacial score (nSPS) is 12.3. The number of furan rings is 1. The number of methoxy groups -OCH3 is 1. The Bertz CT molecular complexity index is 504. The monoisotopic (exact) mass is 249 g/mol. The molecule has 0 amide bonds. The molecule has 96 valence electrons. The lowest BCUT2D eigenvalue weighted by molar-refractivity contribution is 0.0600. The molecule has 0 bridgehead atoms. The summed E-state index contributed by atoms with van der Waals surface area (Å²) in [5.41, 5.74) is 1.49. The van der Waals surface area contributed by atoms with Gasteiger partial charge in [-0.2, -0.15) is 5.10 Å². The zero-order valence-electron chi connectivity index (χ0n) is 10.3. The number of nitrogens with zero attached hydrogens (tertiary/aromatic N) is 1. The number of aromatic nitrogens is 2. The first-order valence-corrected chi connectivity index (χ1v) is 5.58. The van der Waals surface area contributed by atoms with Crippen molar-refractivity contribution in [3.05, 3.63) is 41.6 Å². The summed E-state index contributed by atoms with van der Waals surface area (Å²) in [4.78, 5) is 11.2. The Morgan fingerprint density at radius 1 is 1.67 bits per heavy atom. The summed E-state index contributed by atoms with van der Waals surface area (Å²) < 4.78 is 9.87. The van der Waals surface area contributed by atoms with Crippen LogP contribution in [-0.2, 0) is 11.3 Å². The minimum absolute atomic E-state index is 0.149. The summed E-state index contributed by atoms with van der Waals surface area (Å²) in [5.74, 6) is 0.290. The highest BCUT2D eigenvalue weighted by atomic mass is 16.5. The van der Waals surface area contributed by atoms with Gasteiger partial charge in [-0.05, 0) is 13.0 Å². The molecule has 6 nitrogen and oxygen atoms in total. The van der Waals surface area contributed by atoms with E-state index in [-0.39, 0.29) is 6.04 Å². The molecule has 0 aliphatic carbocycles. The molecule has 0 spiro atoms. The average Bonchev–Trinajstić information content (AvgIpc) is 3.05. The van der Waals surface area contributed by atoms with Crippen molar-refractivity contribution >= 4 is 5.97 Å². The fraction of sp³-hybridized carbons (Fsp3) is 0.333. The molecule has 0 aliphatic rings. The Labute approximate surface area is 104 Å². The first-order chi connectivity index (χ1) is 8.70. The standard InChI is InChI=1S/C12H15N3O3/c1-8(10-4-14-15-5-10)13-6-11-3-9(7-18-11)12(16)17-2/h3-5,7-8,13H,6H2,1-2H3,(H,14,15). The first kappa shape index (κ1) is 12.4. The number of rotatable bonds is 5. The Hall–Kier alpha value is -2.08. The van der Waals surface area contributed by atoms with Crippen LogP contribution in [0.4, 0.5) is 0 Å². The molecule has 6 heteroatoms. The smallest absolute Gasteiger partial charge is 0.341 e. The summed E-state index contributed by atoms with van der Waals surface area (Å²) in [5, 5.41) is 9.91. The summed E-state index contributed by atoms with van der Waals surface area (Å²) in [7, 11) is 1.34. The summed E-state index contributed by atoms with van der Waals surface area (Å²) in [6.07, 6.45) is 4.99. The Balaban J connectivity index is 1.90. The second kappa shape index (κ2) is 5.50. The lowest BCUT2D eigenvalue weighted by Gasteiger charge is -2.09. The molecule has 2 N–H and O–H groups in total. The predicted octanol–water partition coefficient (Wildman–Crippen LogP) is 1.64. The van der Waals surface area contributed by atoms with Crippen LogP contribution in [0.5, 0.6) is 0 Å². The van der Waals surface area contributed by atoms with E-state index in [4.69, 9.17) is 4.42 Å². The van der Waals surface area contributed by atoms with Crippen LogP contribution in [0.2, 0.25) is 0 Å². The minimum atomic E-state index is -0.395. The van der Waals surface area contributed by atoms with Crippen molar-refractivity contribution in [1.29, 1.82) is 0 Å². The molecule has 18 heavy (non-hydrogen) atoms. The maximum atomic E-state index is 11.2. The van der Waals surface area contributed by atoms with Crippen molar-refractivity contribution < 1.29 is 13.9 Å². The lowest BCUT2D eigenvalue weighted by atomic mass is 10.2. The van der Waals surface area contributed by atoms with E-state index in [9.17, 15) is 4.79 Å². The van der Waals surface area contributed by atoms with Gasteiger partial charge in [-0.15, -0.1) is 0 Å². The number of H-pyrrole nitrogens is 1. The van der Waals surface area contributed by atoms with Crippen LogP contribution in [0.15, 0.2) is 29.1 Å². The molecule has 2 aromatic heterocycles. The number of esters is 1. The zero-order valence-corrected chi connectivity index (χ0v) is 10.3. The largest absolute Gasteiger partial charge is 0.467 e.